The minimum absolute atomic E-state index is 0.193. The van der Waals surface area contributed by atoms with Crippen LogP contribution in [0.25, 0.3) is 0 Å². The van der Waals surface area contributed by atoms with Crippen LogP contribution in [0.5, 0.6) is 0 Å². The molecule has 0 atom stereocenters. The van der Waals surface area contributed by atoms with Gasteiger partial charge in [0.1, 0.15) is 4.88 Å². The summed E-state index contributed by atoms with van der Waals surface area (Å²) in [5.74, 6) is -0.582. The van der Waals surface area contributed by atoms with E-state index in [0.29, 0.717) is 17.2 Å². The van der Waals surface area contributed by atoms with Crippen molar-refractivity contribution < 1.29 is 14.3 Å². The molecule has 0 fully saturated rings. The van der Waals surface area contributed by atoms with Gasteiger partial charge in [0.05, 0.1) is 12.3 Å². The number of hydrogen-bond donors (Lipinski definition) is 1. The van der Waals surface area contributed by atoms with Crippen molar-refractivity contribution >= 4 is 28.9 Å². The summed E-state index contributed by atoms with van der Waals surface area (Å²) in [6, 6.07) is 0. The number of thiophene rings is 1. The number of ether oxygens (including phenoxy) is 1. The van der Waals surface area contributed by atoms with E-state index in [2.05, 4.69) is 5.32 Å². The Balaban J connectivity index is 2.97. The summed E-state index contributed by atoms with van der Waals surface area (Å²) in [6.45, 7) is 5.32. The van der Waals surface area contributed by atoms with E-state index >= 15 is 0 Å². The number of carbonyl (C=O) groups excluding carboxylic acids is 2. The highest BCUT2D eigenvalue weighted by Gasteiger charge is 2.17. The lowest BCUT2D eigenvalue weighted by atomic mass is 10.2. The van der Waals surface area contributed by atoms with Crippen molar-refractivity contribution in [2.45, 2.75) is 20.8 Å². The van der Waals surface area contributed by atoms with Gasteiger partial charge in [0.15, 0.2) is 0 Å². The third kappa shape index (κ3) is 2.79. The zero-order valence-electron chi connectivity index (χ0n) is 8.92. The average molecular weight is 227 g/mol. The maximum absolute atomic E-state index is 11.5. The lowest BCUT2D eigenvalue weighted by Crippen LogP contribution is -2.11. The van der Waals surface area contributed by atoms with E-state index in [4.69, 9.17) is 4.74 Å². The fraction of sp³-hybridized carbons (Fsp3) is 0.400. The van der Waals surface area contributed by atoms with Gasteiger partial charge in [0.2, 0.25) is 5.91 Å². The van der Waals surface area contributed by atoms with Crippen molar-refractivity contribution in [2.24, 2.45) is 0 Å². The van der Waals surface area contributed by atoms with Gasteiger partial charge in [-0.1, -0.05) is 0 Å². The molecule has 0 saturated heterocycles. The predicted octanol–water partition coefficient (Wildman–Crippen LogP) is 2.19. The number of carbonyl (C=O) groups is 2. The fourth-order valence-corrected chi connectivity index (χ4v) is 2.02. The molecule has 0 radical (unpaired) electrons. The van der Waals surface area contributed by atoms with Crippen molar-refractivity contribution in [3.05, 3.63) is 15.8 Å². The van der Waals surface area contributed by atoms with Gasteiger partial charge in [0.25, 0.3) is 0 Å². The Morgan fingerprint density at radius 3 is 2.73 bits per heavy atom. The van der Waals surface area contributed by atoms with Crippen molar-refractivity contribution in [3.8, 4) is 0 Å². The molecule has 4 nitrogen and oxygen atoms in total. The molecule has 5 heteroatoms. The standard InChI is InChI=1S/C10H13NO3S/c1-4-14-10(13)9-8(11-7(3)12)6(2)5-15-9/h5H,4H2,1-3H3,(H,11,12). The summed E-state index contributed by atoms with van der Waals surface area (Å²) < 4.78 is 4.88. The van der Waals surface area contributed by atoms with Crippen LogP contribution in [0.4, 0.5) is 5.69 Å². The lowest BCUT2D eigenvalue weighted by molar-refractivity contribution is -0.114. The fourth-order valence-electron chi connectivity index (χ4n) is 1.12. The number of rotatable bonds is 3. The highest BCUT2D eigenvalue weighted by Crippen LogP contribution is 2.28. The molecule has 0 aliphatic heterocycles. The molecule has 1 aromatic heterocycles. The molecule has 0 aromatic carbocycles. The van der Waals surface area contributed by atoms with Crippen LogP contribution >= 0.6 is 11.3 Å². The zero-order chi connectivity index (χ0) is 11.4. The summed E-state index contributed by atoms with van der Waals surface area (Å²) >= 11 is 1.28. The Morgan fingerprint density at radius 2 is 2.20 bits per heavy atom. The summed E-state index contributed by atoms with van der Waals surface area (Å²) in [6.07, 6.45) is 0. The number of amides is 1. The van der Waals surface area contributed by atoms with Crippen molar-refractivity contribution in [2.75, 3.05) is 11.9 Å². The summed E-state index contributed by atoms with van der Waals surface area (Å²) in [5.41, 5.74) is 1.43. The number of aryl methyl sites for hydroxylation is 1. The third-order valence-electron chi connectivity index (χ3n) is 1.74. The first-order chi connectivity index (χ1) is 7.06. The van der Waals surface area contributed by atoms with Gasteiger partial charge in [0, 0.05) is 6.92 Å². The van der Waals surface area contributed by atoms with Crippen LogP contribution in [0, 0.1) is 6.92 Å². The summed E-state index contributed by atoms with van der Waals surface area (Å²) in [7, 11) is 0. The van der Waals surface area contributed by atoms with Gasteiger partial charge in [-0.25, -0.2) is 4.79 Å². The molecule has 0 aliphatic carbocycles. The van der Waals surface area contributed by atoms with Crippen molar-refractivity contribution in [1.29, 1.82) is 0 Å². The topological polar surface area (TPSA) is 55.4 Å². The van der Waals surface area contributed by atoms with Crippen molar-refractivity contribution in [3.63, 3.8) is 0 Å². The first-order valence-corrected chi connectivity index (χ1v) is 5.47. The second-order valence-corrected chi connectivity index (χ2v) is 3.90. The zero-order valence-corrected chi connectivity index (χ0v) is 9.73. The number of nitrogens with one attached hydrogen (secondary N) is 1. The van der Waals surface area contributed by atoms with Gasteiger partial charge in [-0.15, -0.1) is 11.3 Å². The van der Waals surface area contributed by atoms with E-state index in [1.807, 2.05) is 12.3 Å². The molecule has 0 unspecified atom stereocenters. The summed E-state index contributed by atoms with van der Waals surface area (Å²) in [4.78, 5) is 22.9. The lowest BCUT2D eigenvalue weighted by Gasteiger charge is -2.05. The Morgan fingerprint density at radius 1 is 1.53 bits per heavy atom. The van der Waals surface area contributed by atoms with E-state index in [1.165, 1.54) is 18.3 Å². The Bertz CT molecular complexity index is 384. The minimum atomic E-state index is -0.389. The van der Waals surface area contributed by atoms with Crippen LogP contribution < -0.4 is 5.32 Å². The van der Waals surface area contributed by atoms with E-state index in [-0.39, 0.29) is 11.9 Å². The smallest absolute Gasteiger partial charge is 0.350 e. The highest BCUT2D eigenvalue weighted by atomic mass is 32.1. The Kier molecular flexibility index (Phi) is 3.85. The molecule has 82 valence electrons. The van der Waals surface area contributed by atoms with Crippen LogP contribution in [0.15, 0.2) is 5.38 Å². The van der Waals surface area contributed by atoms with E-state index in [0.717, 1.165) is 5.56 Å². The second kappa shape index (κ2) is 4.93. The minimum Gasteiger partial charge on any atom is -0.462 e. The van der Waals surface area contributed by atoms with Gasteiger partial charge in [-0.05, 0) is 24.8 Å². The molecule has 15 heavy (non-hydrogen) atoms. The third-order valence-corrected chi connectivity index (χ3v) is 2.81. The molecular formula is C10H13NO3S. The van der Waals surface area contributed by atoms with Crippen LogP contribution in [-0.4, -0.2) is 18.5 Å². The van der Waals surface area contributed by atoms with Crippen LogP contribution in [0.2, 0.25) is 0 Å². The average Bonchev–Trinajstić information content (AvgIpc) is 2.48. The number of anilines is 1. The predicted molar refractivity (Wildman–Crippen MR) is 59.3 cm³/mol. The highest BCUT2D eigenvalue weighted by molar-refractivity contribution is 7.12. The van der Waals surface area contributed by atoms with Crippen LogP contribution in [0.1, 0.15) is 29.1 Å². The SMILES string of the molecule is CCOC(=O)c1scc(C)c1NC(C)=O. The quantitative estimate of drug-likeness (QED) is 0.805. The Hall–Kier alpha value is -1.36. The molecule has 0 spiro atoms. The van der Waals surface area contributed by atoms with E-state index in [9.17, 15) is 9.59 Å². The molecule has 0 aliphatic rings. The maximum atomic E-state index is 11.5. The molecule has 1 rings (SSSR count). The number of esters is 1. The first kappa shape index (κ1) is 11.7. The normalized spacial score (nSPS) is 9.80. The molecule has 0 saturated carbocycles. The molecule has 1 amide bonds. The van der Waals surface area contributed by atoms with E-state index < -0.39 is 0 Å². The molecule has 1 N–H and O–H groups in total. The maximum Gasteiger partial charge on any atom is 0.350 e. The molecule has 1 aromatic rings. The van der Waals surface area contributed by atoms with Crippen LogP contribution in [-0.2, 0) is 9.53 Å². The van der Waals surface area contributed by atoms with Crippen LogP contribution in [0.3, 0.4) is 0 Å². The molecule has 1 heterocycles. The second-order valence-electron chi connectivity index (χ2n) is 3.02. The van der Waals surface area contributed by atoms with Gasteiger partial charge < -0.3 is 10.1 Å². The van der Waals surface area contributed by atoms with E-state index in [1.54, 1.807) is 6.92 Å². The molecule has 0 bridgehead atoms. The Labute approximate surface area is 92.2 Å². The first-order valence-electron chi connectivity index (χ1n) is 4.59. The van der Waals surface area contributed by atoms with Gasteiger partial charge in [-0.3, -0.25) is 4.79 Å². The van der Waals surface area contributed by atoms with Gasteiger partial charge >= 0.3 is 5.97 Å². The van der Waals surface area contributed by atoms with Crippen molar-refractivity contribution in [1.82, 2.24) is 0 Å². The van der Waals surface area contributed by atoms with Gasteiger partial charge in [-0.2, -0.15) is 0 Å². The summed E-state index contributed by atoms with van der Waals surface area (Å²) in [5, 5.41) is 4.45. The monoisotopic (exact) mass is 227 g/mol. The molecular weight excluding hydrogens is 214 g/mol. The largest absolute Gasteiger partial charge is 0.462 e. The number of hydrogen-bond acceptors (Lipinski definition) is 4.